The summed E-state index contributed by atoms with van der Waals surface area (Å²) in [7, 11) is 0. The van der Waals surface area contributed by atoms with Gasteiger partial charge in [-0.1, -0.05) is 34.1 Å². The molecule has 1 fully saturated rings. The highest BCUT2D eigenvalue weighted by Gasteiger charge is 2.36. The van der Waals surface area contributed by atoms with Gasteiger partial charge in [-0.25, -0.2) is 0 Å². The molecule has 0 bridgehead atoms. The zero-order valence-electron chi connectivity index (χ0n) is 10.0. The van der Waals surface area contributed by atoms with E-state index in [1.165, 1.54) is 19.3 Å². The smallest absolute Gasteiger partial charge is 0.138 e. The van der Waals surface area contributed by atoms with Crippen molar-refractivity contribution in [3.63, 3.8) is 0 Å². The van der Waals surface area contributed by atoms with Gasteiger partial charge in [-0.05, 0) is 31.1 Å². The SMILES string of the molecule is CC(C)CC[C@H](C(=O)C(C)C)C1CC1. The Morgan fingerprint density at radius 3 is 2.07 bits per heavy atom. The van der Waals surface area contributed by atoms with E-state index in [0.29, 0.717) is 11.7 Å². The fourth-order valence-corrected chi connectivity index (χ4v) is 2.05. The van der Waals surface area contributed by atoms with Crippen LogP contribution in [-0.4, -0.2) is 5.78 Å². The Morgan fingerprint density at radius 2 is 1.71 bits per heavy atom. The Morgan fingerprint density at radius 1 is 1.14 bits per heavy atom. The summed E-state index contributed by atoms with van der Waals surface area (Å²) < 4.78 is 0. The van der Waals surface area contributed by atoms with E-state index in [2.05, 4.69) is 13.8 Å². The number of rotatable bonds is 6. The Kier molecular flexibility index (Phi) is 4.15. The molecule has 0 amide bonds. The molecule has 0 aromatic carbocycles. The molecule has 1 aliphatic carbocycles. The van der Waals surface area contributed by atoms with Gasteiger partial charge in [0.15, 0.2) is 0 Å². The summed E-state index contributed by atoms with van der Waals surface area (Å²) in [6.45, 7) is 8.55. The molecule has 1 aliphatic rings. The quantitative estimate of drug-likeness (QED) is 0.633. The molecule has 1 atom stereocenters. The first kappa shape index (κ1) is 11.7. The number of carbonyl (C=O) groups excluding carboxylic acids is 1. The van der Waals surface area contributed by atoms with Gasteiger partial charge in [0, 0.05) is 11.8 Å². The average molecular weight is 196 g/mol. The summed E-state index contributed by atoms with van der Waals surface area (Å²) in [4.78, 5) is 11.9. The minimum Gasteiger partial charge on any atom is -0.299 e. The van der Waals surface area contributed by atoms with Gasteiger partial charge in [0.2, 0.25) is 0 Å². The summed E-state index contributed by atoms with van der Waals surface area (Å²) in [5.74, 6) is 2.60. The minimum absolute atomic E-state index is 0.229. The number of hydrogen-bond acceptors (Lipinski definition) is 1. The van der Waals surface area contributed by atoms with Crippen molar-refractivity contribution in [2.75, 3.05) is 0 Å². The molecule has 0 aliphatic heterocycles. The number of ketones is 1. The topological polar surface area (TPSA) is 17.1 Å². The second kappa shape index (κ2) is 4.95. The molecule has 1 saturated carbocycles. The van der Waals surface area contributed by atoms with Crippen LogP contribution in [0.2, 0.25) is 0 Å². The maximum Gasteiger partial charge on any atom is 0.138 e. The molecule has 0 saturated heterocycles. The molecule has 0 unspecified atom stereocenters. The lowest BCUT2D eigenvalue weighted by atomic mass is 9.86. The van der Waals surface area contributed by atoms with Crippen LogP contribution in [0.1, 0.15) is 53.4 Å². The number of carbonyl (C=O) groups is 1. The third-order valence-corrected chi connectivity index (χ3v) is 3.18. The Bertz CT molecular complexity index is 189. The van der Waals surface area contributed by atoms with Crippen LogP contribution in [0.5, 0.6) is 0 Å². The van der Waals surface area contributed by atoms with Gasteiger partial charge >= 0.3 is 0 Å². The molecule has 82 valence electrons. The van der Waals surface area contributed by atoms with Gasteiger partial charge in [0.1, 0.15) is 5.78 Å². The van der Waals surface area contributed by atoms with Gasteiger partial charge in [-0.2, -0.15) is 0 Å². The molecule has 1 nitrogen and oxygen atoms in total. The summed E-state index contributed by atoms with van der Waals surface area (Å²) in [6, 6.07) is 0. The summed E-state index contributed by atoms with van der Waals surface area (Å²) in [6.07, 6.45) is 4.92. The number of Topliss-reactive ketones (excluding diaryl/α,β-unsaturated/α-hetero) is 1. The summed E-state index contributed by atoms with van der Waals surface area (Å²) in [5, 5.41) is 0. The van der Waals surface area contributed by atoms with Crippen LogP contribution in [-0.2, 0) is 4.79 Å². The highest BCUT2D eigenvalue weighted by atomic mass is 16.1. The predicted octanol–water partition coefficient (Wildman–Crippen LogP) is 3.67. The van der Waals surface area contributed by atoms with E-state index >= 15 is 0 Å². The van der Waals surface area contributed by atoms with Crippen LogP contribution in [0.15, 0.2) is 0 Å². The second-order valence-corrected chi connectivity index (χ2v) is 5.47. The molecule has 1 rings (SSSR count). The van der Waals surface area contributed by atoms with Crippen molar-refractivity contribution in [1.82, 2.24) is 0 Å². The molecule has 0 aromatic rings. The fraction of sp³-hybridized carbons (Fsp3) is 0.923. The molecular weight excluding hydrogens is 172 g/mol. The molecule has 0 spiro atoms. The van der Waals surface area contributed by atoms with Crippen LogP contribution in [0.25, 0.3) is 0 Å². The van der Waals surface area contributed by atoms with Gasteiger partial charge < -0.3 is 0 Å². The lowest BCUT2D eigenvalue weighted by molar-refractivity contribution is -0.126. The third kappa shape index (κ3) is 3.43. The highest BCUT2D eigenvalue weighted by molar-refractivity contribution is 5.83. The molecule has 0 N–H and O–H groups in total. The van der Waals surface area contributed by atoms with Crippen LogP contribution in [0.4, 0.5) is 0 Å². The lowest BCUT2D eigenvalue weighted by Crippen LogP contribution is -2.22. The first-order valence-electron chi connectivity index (χ1n) is 6.06. The molecule has 0 radical (unpaired) electrons. The number of hydrogen-bond donors (Lipinski definition) is 0. The summed E-state index contributed by atoms with van der Waals surface area (Å²) >= 11 is 0. The van der Waals surface area contributed by atoms with Crippen molar-refractivity contribution < 1.29 is 4.79 Å². The Hall–Kier alpha value is -0.330. The molecule has 0 heterocycles. The van der Waals surface area contributed by atoms with Crippen LogP contribution in [0.3, 0.4) is 0 Å². The second-order valence-electron chi connectivity index (χ2n) is 5.47. The van der Waals surface area contributed by atoms with Crippen LogP contribution >= 0.6 is 0 Å². The third-order valence-electron chi connectivity index (χ3n) is 3.18. The van der Waals surface area contributed by atoms with E-state index in [-0.39, 0.29) is 5.92 Å². The molecule has 14 heavy (non-hydrogen) atoms. The first-order chi connectivity index (χ1) is 6.52. The molecule has 0 aromatic heterocycles. The van der Waals surface area contributed by atoms with Crippen molar-refractivity contribution in [3.05, 3.63) is 0 Å². The van der Waals surface area contributed by atoms with Crippen molar-refractivity contribution in [2.45, 2.75) is 53.4 Å². The predicted molar refractivity (Wildman–Crippen MR) is 60.1 cm³/mol. The van der Waals surface area contributed by atoms with E-state index in [1.807, 2.05) is 13.8 Å². The Labute approximate surface area is 88.3 Å². The van der Waals surface area contributed by atoms with Crippen molar-refractivity contribution in [2.24, 2.45) is 23.7 Å². The van der Waals surface area contributed by atoms with E-state index in [0.717, 1.165) is 18.3 Å². The van der Waals surface area contributed by atoms with Crippen LogP contribution < -0.4 is 0 Å². The van der Waals surface area contributed by atoms with Crippen LogP contribution in [0, 0.1) is 23.7 Å². The van der Waals surface area contributed by atoms with E-state index < -0.39 is 0 Å². The van der Waals surface area contributed by atoms with Gasteiger partial charge in [-0.3, -0.25) is 4.79 Å². The standard InChI is InChI=1S/C13H24O/c1-9(2)5-8-12(11-6-7-11)13(14)10(3)4/h9-12H,5-8H2,1-4H3/t12-/m0/s1. The lowest BCUT2D eigenvalue weighted by Gasteiger charge is -2.18. The van der Waals surface area contributed by atoms with E-state index in [4.69, 9.17) is 0 Å². The molecular formula is C13H24O. The zero-order chi connectivity index (χ0) is 10.7. The minimum atomic E-state index is 0.229. The maximum atomic E-state index is 11.9. The monoisotopic (exact) mass is 196 g/mol. The molecule has 1 heteroatoms. The van der Waals surface area contributed by atoms with Crippen molar-refractivity contribution in [3.8, 4) is 0 Å². The van der Waals surface area contributed by atoms with Crippen molar-refractivity contribution in [1.29, 1.82) is 0 Å². The van der Waals surface area contributed by atoms with Crippen molar-refractivity contribution >= 4 is 5.78 Å². The Balaban J connectivity index is 2.42. The zero-order valence-corrected chi connectivity index (χ0v) is 10.0. The average Bonchev–Trinajstić information content (AvgIpc) is 2.87. The summed E-state index contributed by atoms with van der Waals surface area (Å²) in [5.41, 5.74) is 0. The first-order valence-corrected chi connectivity index (χ1v) is 6.06. The maximum absolute atomic E-state index is 11.9. The van der Waals surface area contributed by atoms with E-state index in [1.54, 1.807) is 0 Å². The van der Waals surface area contributed by atoms with Gasteiger partial charge in [-0.15, -0.1) is 0 Å². The van der Waals surface area contributed by atoms with Gasteiger partial charge in [0.25, 0.3) is 0 Å². The highest BCUT2D eigenvalue weighted by Crippen LogP contribution is 2.41. The van der Waals surface area contributed by atoms with E-state index in [9.17, 15) is 4.79 Å². The largest absolute Gasteiger partial charge is 0.299 e. The van der Waals surface area contributed by atoms with Gasteiger partial charge in [0.05, 0.1) is 0 Å². The fourth-order valence-electron chi connectivity index (χ4n) is 2.05. The normalized spacial score (nSPS) is 19.0.